The van der Waals surface area contributed by atoms with Crippen molar-refractivity contribution in [2.45, 2.75) is 37.5 Å². The summed E-state index contributed by atoms with van der Waals surface area (Å²) < 4.78 is 27.6. The molecule has 1 amide bonds. The SMILES string of the molecule is C[C@H]1CCCN(S(=O)(=O)c2ccc3nnn(OCC(=O)N4CCCC4)c3c2)C1. The average molecular weight is 407 g/mol. The van der Waals surface area contributed by atoms with Crippen LogP contribution >= 0.6 is 0 Å². The van der Waals surface area contributed by atoms with Crippen LogP contribution in [0.4, 0.5) is 0 Å². The van der Waals surface area contributed by atoms with Gasteiger partial charge in [0.1, 0.15) is 11.0 Å². The number of benzene rings is 1. The van der Waals surface area contributed by atoms with Crippen molar-refractivity contribution in [3.63, 3.8) is 0 Å². The summed E-state index contributed by atoms with van der Waals surface area (Å²) in [7, 11) is -3.59. The molecule has 2 aliphatic rings. The Hall–Kier alpha value is -2.20. The number of hydrogen-bond acceptors (Lipinski definition) is 6. The van der Waals surface area contributed by atoms with Gasteiger partial charge >= 0.3 is 0 Å². The third-order valence-corrected chi connectivity index (χ3v) is 7.27. The molecule has 0 radical (unpaired) electrons. The Morgan fingerprint density at radius 2 is 2.00 bits per heavy atom. The van der Waals surface area contributed by atoms with Gasteiger partial charge in [0.25, 0.3) is 5.91 Å². The molecule has 1 aromatic heterocycles. The van der Waals surface area contributed by atoms with E-state index >= 15 is 0 Å². The largest absolute Gasteiger partial charge is 0.385 e. The van der Waals surface area contributed by atoms with Gasteiger partial charge in [0.2, 0.25) is 10.0 Å². The Balaban J connectivity index is 1.54. The van der Waals surface area contributed by atoms with Gasteiger partial charge in [0.15, 0.2) is 6.61 Å². The van der Waals surface area contributed by atoms with Crippen LogP contribution in [0.1, 0.15) is 32.6 Å². The monoisotopic (exact) mass is 407 g/mol. The van der Waals surface area contributed by atoms with Crippen LogP contribution in [0, 0.1) is 5.92 Å². The van der Waals surface area contributed by atoms with Crippen LogP contribution in [0.2, 0.25) is 0 Å². The number of amides is 1. The quantitative estimate of drug-likeness (QED) is 0.731. The lowest BCUT2D eigenvalue weighted by Gasteiger charge is -2.30. The number of carbonyl (C=O) groups is 1. The lowest BCUT2D eigenvalue weighted by Crippen LogP contribution is -2.39. The molecule has 2 fully saturated rings. The van der Waals surface area contributed by atoms with Crippen LogP contribution in [0.3, 0.4) is 0 Å². The Morgan fingerprint density at radius 3 is 2.75 bits per heavy atom. The van der Waals surface area contributed by atoms with E-state index in [1.54, 1.807) is 17.0 Å². The summed E-state index contributed by atoms with van der Waals surface area (Å²) in [5, 5.41) is 7.90. The number of piperidine rings is 1. The fourth-order valence-corrected chi connectivity index (χ4v) is 5.44. The molecule has 2 aliphatic heterocycles. The van der Waals surface area contributed by atoms with Gasteiger partial charge < -0.3 is 9.74 Å². The molecule has 0 saturated carbocycles. The second kappa shape index (κ2) is 7.67. The van der Waals surface area contributed by atoms with Gasteiger partial charge in [0, 0.05) is 26.2 Å². The summed E-state index contributed by atoms with van der Waals surface area (Å²) >= 11 is 0. The normalized spacial score (nSPS) is 21.3. The highest BCUT2D eigenvalue weighted by Gasteiger charge is 2.29. The van der Waals surface area contributed by atoms with E-state index in [4.69, 9.17) is 4.84 Å². The average Bonchev–Trinajstić information content (AvgIpc) is 3.36. The number of fused-ring (bicyclic) bond motifs is 1. The molecule has 2 saturated heterocycles. The van der Waals surface area contributed by atoms with E-state index in [2.05, 4.69) is 17.2 Å². The molecule has 0 aliphatic carbocycles. The van der Waals surface area contributed by atoms with Gasteiger partial charge in [-0.3, -0.25) is 4.79 Å². The first-order valence-electron chi connectivity index (χ1n) is 9.72. The van der Waals surface area contributed by atoms with Crippen molar-refractivity contribution in [2.75, 3.05) is 32.8 Å². The lowest BCUT2D eigenvalue weighted by atomic mass is 10.0. The van der Waals surface area contributed by atoms with Crippen LogP contribution in [0.25, 0.3) is 11.0 Å². The predicted octanol–water partition coefficient (Wildman–Crippen LogP) is 0.903. The molecule has 9 nitrogen and oxygen atoms in total. The zero-order valence-corrected chi connectivity index (χ0v) is 16.8. The Labute approximate surface area is 164 Å². The van der Waals surface area contributed by atoms with E-state index in [0.717, 1.165) is 43.6 Å². The number of rotatable bonds is 5. The van der Waals surface area contributed by atoms with Crippen molar-refractivity contribution in [2.24, 2.45) is 5.92 Å². The molecule has 0 spiro atoms. The Kier molecular flexibility index (Phi) is 5.24. The molecule has 152 valence electrons. The van der Waals surface area contributed by atoms with Crippen LogP contribution in [0.15, 0.2) is 23.1 Å². The minimum Gasteiger partial charge on any atom is -0.385 e. The van der Waals surface area contributed by atoms with E-state index in [9.17, 15) is 13.2 Å². The summed E-state index contributed by atoms with van der Waals surface area (Å²) in [5.41, 5.74) is 0.944. The van der Waals surface area contributed by atoms with E-state index in [0.29, 0.717) is 30.0 Å². The van der Waals surface area contributed by atoms with Gasteiger partial charge in [-0.05, 0) is 55.0 Å². The highest BCUT2D eigenvalue weighted by molar-refractivity contribution is 7.89. The summed E-state index contributed by atoms with van der Waals surface area (Å²) in [6, 6.07) is 4.68. The molecule has 1 aromatic carbocycles. The van der Waals surface area contributed by atoms with E-state index in [1.165, 1.54) is 10.4 Å². The predicted molar refractivity (Wildman–Crippen MR) is 102 cm³/mol. The first-order valence-corrected chi connectivity index (χ1v) is 11.2. The van der Waals surface area contributed by atoms with Crippen molar-refractivity contribution in [1.29, 1.82) is 0 Å². The van der Waals surface area contributed by atoms with Crippen molar-refractivity contribution in [1.82, 2.24) is 24.4 Å². The molecule has 0 bridgehead atoms. The third-order valence-electron chi connectivity index (χ3n) is 5.41. The van der Waals surface area contributed by atoms with Crippen LogP contribution < -0.4 is 4.84 Å². The fraction of sp³-hybridized carbons (Fsp3) is 0.611. The third kappa shape index (κ3) is 3.70. The maximum atomic E-state index is 13.0. The van der Waals surface area contributed by atoms with E-state index in [-0.39, 0.29) is 17.4 Å². The Bertz CT molecular complexity index is 968. The zero-order valence-electron chi connectivity index (χ0n) is 16.0. The summed E-state index contributed by atoms with van der Waals surface area (Å²) in [6.07, 6.45) is 3.92. The molecule has 0 unspecified atom stereocenters. The number of aromatic nitrogens is 3. The minimum atomic E-state index is -3.59. The molecule has 0 N–H and O–H groups in total. The van der Waals surface area contributed by atoms with Gasteiger partial charge in [-0.15, -0.1) is 5.10 Å². The highest BCUT2D eigenvalue weighted by atomic mass is 32.2. The van der Waals surface area contributed by atoms with E-state index < -0.39 is 10.0 Å². The van der Waals surface area contributed by atoms with Crippen molar-refractivity contribution < 1.29 is 18.0 Å². The smallest absolute Gasteiger partial charge is 0.263 e. The van der Waals surface area contributed by atoms with Crippen LogP contribution in [0.5, 0.6) is 0 Å². The first kappa shape index (κ1) is 19.1. The van der Waals surface area contributed by atoms with Gasteiger partial charge in [-0.2, -0.15) is 4.31 Å². The number of carbonyl (C=O) groups excluding carboxylic acids is 1. The second-order valence-electron chi connectivity index (χ2n) is 7.58. The van der Waals surface area contributed by atoms with Crippen LogP contribution in [-0.2, 0) is 14.8 Å². The molecule has 4 rings (SSSR count). The van der Waals surface area contributed by atoms with Crippen molar-refractivity contribution in [3.8, 4) is 0 Å². The van der Waals surface area contributed by atoms with E-state index in [1.807, 2.05) is 0 Å². The van der Waals surface area contributed by atoms with Crippen molar-refractivity contribution in [3.05, 3.63) is 18.2 Å². The molecular formula is C18H25N5O4S. The molecule has 28 heavy (non-hydrogen) atoms. The lowest BCUT2D eigenvalue weighted by molar-refractivity contribution is -0.135. The maximum Gasteiger partial charge on any atom is 0.263 e. The summed E-state index contributed by atoms with van der Waals surface area (Å²) in [5.74, 6) is 0.242. The number of nitrogens with zero attached hydrogens (tertiary/aromatic N) is 5. The molecule has 10 heteroatoms. The van der Waals surface area contributed by atoms with Gasteiger partial charge in [-0.1, -0.05) is 11.8 Å². The molecule has 2 aromatic rings. The second-order valence-corrected chi connectivity index (χ2v) is 9.52. The van der Waals surface area contributed by atoms with Crippen molar-refractivity contribution >= 4 is 27.0 Å². The van der Waals surface area contributed by atoms with Gasteiger partial charge in [-0.25, -0.2) is 8.42 Å². The highest BCUT2D eigenvalue weighted by Crippen LogP contribution is 2.25. The summed E-state index contributed by atoms with van der Waals surface area (Å²) in [4.78, 5) is 20.8. The number of likely N-dealkylation sites (tertiary alicyclic amines) is 1. The fourth-order valence-electron chi connectivity index (χ4n) is 3.82. The Morgan fingerprint density at radius 1 is 1.21 bits per heavy atom. The molecular weight excluding hydrogens is 382 g/mol. The first-order chi connectivity index (χ1) is 13.4. The van der Waals surface area contributed by atoms with Gasteiger partial charge in [0.05, 0.1) is 4.90 Å². The number of sulfonamides is 1. The topological polar surface area (TPSA) is 97.6 Å². The molecule has 3 heterocycles. The minimum absolute atomic E-state index is 0.104. The summed E-state index contributed by atoms with van der Waals surface area (Å²) in [6.45, 7) is 4.46. The number of hydrogen-bond donors (Lipinski definition) is 0. The molecule has 1 atom stereocenters. The maximum absolute atomic E-state index is 13.0. The zero-order chi connectivity index (χ0) is 19.7. The van der Waals surface area contributed by atoms with Crippen LogP contribution in [-0.4, -0.2) is 71.5 Å². The standard InChI is InChI=1S/C18H25N5O4S/c1-14-5-4-10-22(12-14)28(25,26)15-6-7-16-17(11-15)23(20-19-16)27-13-18(24)21-8-2-3-9-21/h6-7,11,14H,2-5,8-10,12-13H2,1H3/t14-/m0/s1.